The molecule has 0 spiro atoms. The number of nitrogens with zero attached hydrogens (tertiary/aromatic N) is 2. The van der Waals surface area contributed by atoms with Crippen molar-refractivity contribution in [1.82, 2.24) is 15.2 Å². The minimum absolute atomic E-state index is 0.277. The third-order valence-corrected chi connectivity index (χ3v) is 3.69. The van der Waals surface area contributed by atoms with Crippen LogP contribution < -0.4 is 5.32 Å². The van der Waals surface area contributed by atoms with Crippen molar-refractivity contribution >= 4 is 0 Å². The Bertz CT molecular complexity index is 329. The zero-order valence-electron chi connectivity index (χ0n) is 10.9. The highest BCUT2D eigenvalue weighted by Crippen LogP contribution is 2.21. The van der Waals surface area contributed by atoms with E-state index in [2.05, 4.69) is 41.2 Å². The summed E-state index contributed by atoms with van der Waals surface area (Å²) in [6.45, 7) is 9.26. The second-order valence-corrected chi connectivity index (χ2v) is 5.37. The summed E-state index contributed by atoms with van der Waals surface area (Å²) in [5.74, 6) is 0. The van der Waals surface area contributed by atoms with Crippen molar-refractivity contribution < 1.29 is 0 Å². The quantitative estimate of drug-likeness (QED) is 0.858. The average molecular weight is 233 g/mol. The number of rotatable bonds is 4. The van der Waals surface area contributed by atoms with Gasteiger partial charge in [0.15, 0.2) is 0 Å². The monoisotopic (exact) mass is 233 g/mol. The van der Waals surface area contributed by atoms with E-state index in [1.807, 2.05) is 12.3 Å². The fraction of sp³-hybridized carbons (Fsp3) is 0.643. The molecule has 0 saturated carbocycles. The smallest absolute Gasteiger partial charge is 0.0404 e. The molecule has 0 atom stereocenters. The van der Waals surface area contributed by atoms with E-state index in [0.29, 0.717) is 0 Å². The molecule has 0 bridgehead atoms. The Hall–Kier alpha value is -0.930. The van der Waals surface area contributed by atoms with Gasteiger partial charge in [0.05, 0.1) is 0 Å². The molecule has 17 heavy (non-hydrogen) atoms. The summed E-state index contributed by atoms with van der Waals surface area (Å²) in [4.78, 5) is 6.99. The lowest BCUT2D eigenvalue weighted by Gasteiger charge is -2.41. The van der Waals surface area contributed by atoms with Crippen LogP contribution in [0, 0.1) is 0 Å². The average Bonchev–Trinajstić information content (AvgIpc) is 2.39. The Kier molecular flexibility index (Phi) is 4.13. The zero-order valence-corrected chi connectivity index (χ0v) is 10.9. The van der Waals surface area contributed by atoms with Crippen LogP contribution in [-0.2, 0) is 6.42 Å². The van der Waals surface area contributed by atoms with Gasteiger partial charge in [-0.1, -0.05) is 6.07 Å². The molecule has 0 aliphatic carbocycles. The van der Waals surface area contributed by atoms with Crippen LogP contribution in [0.2, 0.25) is 0 Å². The lowest BCUT2D eigenvalue weighted by atomic mass is 9.94. The van der Waals surface area contributed by atoms with E-state index in [0.717, 1.165) is 32.6 Å². The molecule has 2 heterocycles. The minimum atomic E-state index is 0.277. The lowest BCUT2D eigenvalue weighted by Crippen LogP contribution is -2.53. The van der Waals surface area contributed by atoms with Crippen molar-refractivity contribution in [2.45, 2.75) is 32.2 Å². The summed E-state index contributed by atoms with van der Waals surface area (Å²) in [6, 6.07) is 6.17. The van der Waals surface area contributed by atoms with Crippen molar-refractivity contribution in [3.05, 3.63) is 30.1 Å². The number of hydrogen-bond donors (Lipinski definition) is 1. The third-order valence-electron chi connectivity index (χ3n) is 3.69. The highest BCUT2D eigenvalue weighted by molar-refractivity contribution is 5.04. The van der Waals surface area contributed by atoms with Crippen molar-refractivity contribution in [2.24, 2.45) is 0 Å². The van der Waals surface area contributed by atoms with Gasteiger partial charge in [-0.3, -0.25) is 9.88 Å². The molecule has 1 aromatic rings. The summed E-state index contributed by atoms with van der Waals surface area (Å²) in [5.41, 5.74) is 1.48. The first-order chi connectivity index (χ1) is 8.18. The van der Waals surface area contributed by atoms with Crippen LogP contribution in [0.15, 0.2) is 24.4 Å². The van der Waals surface area contributed by atoms with Crippen LogP contribution >= 0.6 is 0 Å². The van der Waals surface area contributed by atoms with Gasteiger partial charge in [-0.05, 0) is 38.8 Å². The molecule has 1 N–H and O–H groups in total. The minimum Gasteiger partial charge on any atom is -0.314 e. The van der Waals surface area contributed by atoms with E-state index < -0.39 is 0 Å². The van der Waals surface area contributed by atoms with Gasteiger partial charge in [-0.15, -0.1) is 0 Å². The molecule has 3 nitrogen and oxygen atoms in total. The lowest BCUT2D eigenvalue weighted by molar-refractivity contribution is 0.0957. The topological polar surface area (TPSA) is 28.2 Å². The zero-order chi connectivity index (χ0) is 12.1. The highest BCUT2D eigenvalue weighted by Gasteiger charge is 2.27. The van der Waals surface area contributed by atoms with Crippen LogP contribution in [0.1, 0.15) is 26.0 Å². The molecule has 1 saturated heterocycles. The van der Waals surface area contributed by atoms with Crippen LogP contribution in [0.3, 0.4) is 0 Å². The first-order valence-corrected chi connectivity index (χ1v) is 6.54. The molecule has 1 fully saturated rings. The normalized spacial score (nSPS) is 18.2. The molecule has 1 aromatic heterocycles. The van der Waals surface area contributed by atoms with Crippen molar-refractivity contribution in [1.29, 1.82) is 0 Å². The van der Waals surface area contributed by atoms with Gasteiger partial charge >= 0.3 is 0 Å². The van der Waals surface area contributed by atoms with E-state index >= 15 is 0 Å². The largest absolute Gasteiger partial charge is 0.314 e. The highest BCUT2D eigenvalue weighted by atomic mass is 15.2. The Morgan fingerprint density at radius 1 is 1.29 bits per heavy atom. The Morgan fingerprint density at radius 3 is 2.71 bits per heavy atom. The predicted molar refractivity (Wildman–Crippen MR) is 71.1 cm³/mol. The molecule has 1 aliphatic rings. The van der Waals surface area contributed by atoms with Crippen LogP contribution in [-0.4, -0.2) is 41.6 Å². The first-order valence-electron chi connectivity index (χ1n) is 6.54. The molecular formula is C14H23N3. The maximum atomic E-state index is 4.40. The van der Waals surface area contributed by atoms with Gasteiger partial charge in [0, 0.05) is 43.6 Å². The number of hydrogen-bond acceptors (Lipinski definition) is 3. The standard InChI is InChI=1S/C14H23N3/c1-14(2,17-11-9-15-10-12-17)7-6-13-5-3-4-8-16-13/h3-5,8,15H,6-7,9-12H2,1-2H3. The van der Waals surface area contributed by atoms with Crippen molar-refractivity contribution in [3.8, 4) is 0 Å². The van der Waals surface area contributed by atoms with Crippen LogP contribution in [0.25, 0.3) is 0 Å². The number of aryl methyl sites for hydroxylation is 1. The predicted octanol–water partition coefficient (Wildman–Crippen LogP) is 1.70. The number of piperazine rings is 1. The van der Waals surface area contributed by atoms with E-state index in [-0.39, 0.29) is 5.54 Å². The molecule has 0 amide bonds. The first kappa shape index (κ1) is 12.5. The van der Waals surface area contributed by atoms with Crippen molar-refractivity contribution in [2.75, 3.05) is 26.2 Å². The summed E-state index contributed by atoms with van der Waals surface area (Å²) >= 11 is 0. The summed E-state index contributed by atoms with van der Waals surface area (Å²) < 4.78 is 0. The third kappa shape index (κ3) is 3.51. The van der Waals surface area contributed by atoms with Crippen molar-refractivity contribution in [3.63, 3.8) is 0 Å². The Labute approximate surface area is 104 Å². The van der Waals surface area contributed by atoms with Gasteiger partial charge in [0.1, 0.15) is 0 Å². The fourth-order valence-electron chi connectivity index (χ4n) is 2.41. The SMILES string of the molecule is CC(C)(CCc1ccccn1)N1CCNCC1. The maximum Gasteiger partial charge on any atom is 0.0404 e. The Morgan fingerprint density at radius 2 is 2.06 bits per heavy atom. The van der Waals surface area contributed by atoms with Gasteiger partial charge in [0.25, 0.3) is 0 Å². The van der Waals surface area contributed by atoms with Crippen LogP contribution in [0.5, 0.6) is 0 Å². The van der Waals surface area contributed by atoms with Gasteiger partial charge < -0.3 is 5.32 Å². The summed E-state index contributed by atoms with van der Waals surface area (Å²) in [7, 11) is 0. The number of nitrogens with one attached hydrogen (secondary N) is 1. The van der Waals surface area contributed by atoms with E-state index in [4.69, 9.17) is 0 Å². The Balaban J connectivity index is 1.88. The molecule has 0 aromatic carbocycles. The second kappa shape index (κ2) is 5.61. The van der Waals surface area contributed by atoms with Gasteiger partial charge in [0.2, 0.25) is 0 Å². The maximum absolute atomic E-state index is 4.40. The fourth-order valence-corrected chi connectivity index (χ4v) is 2.41. The molecule has 0 radical (unpaired) electrons. The second-order valence-electron chi connectivity index (χ2n) is 5.37. The van der Waals surface area contributed by atoms with E-state index in [1.165, 1.54) is 12.1 Å². The van der Waals surface area contributed by atoms with E-state index in [9.17, 15) is 0 Å². The number of pyridine rings is 1. The summed E-state index contributed by atoms with van der Waals surface area (Å²) in [6.07, 6.45) is 4.12. The molecule has 94 valence electrons. The number of aromatic nitrogens is 1. The molecule has 3 heteroatoms. The molecule has 1 aliphatic heterocycles. The van der Waals surface area contributed by atoms with Crippen LogP contribution in [0.4, 0.5) is 0 Å². The molecule has 2 rings (SSSR count). The van der Waals surface area contributed by atoms with Gasteiger partial charge in [-0.2, -0.15) is 0 Å². The molecular weight excluding hydrogens is 210 g/mol. The summed E-state index contributed by atoms with van der Waals surface area (Å²) in [5, 5.41) is 3.41. The molecule has 0 unspecified atom stereocenters. The van der Waals surface area contributed by atoms with Gasteiger partial charge in [-0.25, -0.2) is 0 Å². The van der Waals surface area contributed by atoms with E-state index in [1.54, 1.807) is 0 Å².